The van der Waals surface area contributed by atoms with Crippen LogP contribution in [0.25, 0.3) is 0 Å². The quantitative estimate of drug-likeness (QED) is 0.891. The Hall–Kier alpha value is -1.39. The van der Waals surface area contributed by atoms with Gasteiger partial charge in [0.2, 0.25) is 5.91 Å². The molecule has 4 heteroatoms. The van der Waals surface area contributed by atoms with Crippen LogP contribution in [0.5, 0.6) is 0 Å². The van der Waals surface area contributed by atoms with Crippen molar-refractivity contribution in [2.75, 3.05) is 19.7 Å². The van der Waals surface area contributed by atoms with E-state index in [2.05, 4.69) is 34.5 Å². The Bertz CT molecular complexity index is 422. The maximum atomic E-state index is 11.5. The molecule has 0 radical (unpaired) electrons. The first-order valence-electron chi connectivity index (χ1n) is 7.36. The fourth-order valence-corrected chi connectivity index (χ4v) is 2.47. The molecular weight excluding hydrogens is 252 g/mol. The number of carbonyl (C=O) groups is 1. The minimum atomic E-state index is 0.0565. The number of amides is 1. The first-order chi connectivity index (χ1) is 9.69. The van der Waals surface area contributed by atoms with E-state index in [1.54, 1.807) is 0 Å². The summed E-state index contributed by atoms with van der Waals surface area (Å²) in [7, 11) is 0. The Balaban J connectivity index is 1.86. The first kappa shape index (κ1) is 15.0. The lowest BCUT2D eigenvalue weighted by atomic mass is 10.1. The van der Waals surface area contributed by atoms with E-state index in [-0.39, 0.29) is 18.1 Å². The van der Waals surface area contributed by atoms with Crippen molar-refractivity contribution in [2.24, 2.45) is 0 Å². The number of ether oxygens (including phenoxy) is 1. The van der Waals surface area contributed by atoms with Crippen LogP contribution in [0.4, 0.5) is 0 Å². The van der Waals surface area contributed by atoms with Crippen molar-refractivity contribution >= 4 is 5.91 Å². The van der Waals surface area contributed by atoms with Gasteiger partial charge >= 0.3 is 0 Å². The Morgan fingerprint density at radius 3 is 2.90 bits per heavy atom. The number of rotatable bonds is 5. The zero-order valence-electron chi connectivity index (χ0n) is 12.3. The number of nitrogens with one attached hydrogen (secondary N) is 1. The van der Waals surface area contributed by atoms with Gasteiger partial charge in [-0.25, -0.2) is 0 Å². The number of morpholine rings is 1. The fraction of sp³-hybridized carbons (Fsp3) is 0.562. The maximum absolute atomic E-state index is 11.5. The molecule has 0 bridgehead atoms. The van der Waals surface area contributed by atoms with E-state index in [0.29, 0.717) is 6.42 Å². The third-order valence-electron chi connectivity index (χ3n) is 3.69. The second-order valence-electron chi connectivity index (χ2n) is 5.34. The van der Waals surface area contributed by atoms with Crippen molar-refractivity contribution in [2.45, 2.75) is 39.0 Å². The van der Waals surface area contributed by atoms with E-state index in [9.17, 15) is 4.79 Å². The number of nitrogens with zero attached hydrogens (tertiary/aromatic N) is 1. The summed E-state index contributed by atoms with van der Waals surface area (Å²) in [6.07, 6.45) is 0.591. The molecule has 1 saturated heterocycles. The lowest BCUT2D eigenvalue weighted by Gasteiger charge is -2.36. The van der Waals surface area contributed by atoms with Gasteiger partial charge in [0.25, 0.3) is 0 Å². The molecule has 1 N–H and O–H groups in total. The third kappa shape index (κ3) is 4.32. The van der Waals surface area contributed by atoms with Gasteiger partial charge in [0.15, 0.2) is 0 Å². The monoisotopic (exact) mass is 276 g/mol. The SMILES string of the molecule is CCC(=O)NC(C)C1CN(Cc2ccccc2)CCO1. The van der Waals surface area contributed by atoms with Gasteiger partial charge in [-0.05, 0) is 12.5 Å². The highest BCUT2D eigenvalue weighted by atomic mass is 16.5. The molecule has 1 aliphatic rings. The van der Waals surface area contributed by atoms with Crippen LogP contribution >= 0.6 is 0 Å². The third-order valence-corrected chi connectivity index (χ3v) is 3.69. The fourth-order valence-electron chi connectivity index (χ4n) is 2.47. The smallest absolute Gasteiger partial charge is 0.220 e. The van der Waals surface area contributed by atoms with Crippen LogP contribution in [0.1, 0.15) is 25.8 Å². The van der Waals surface area contributed by atoms with E-state index < -0.39 is 0 Å². The number of benzene rings is 1. The molecule has 1 fully saturated rings. The maximum Gasteiger partial charge on any atom is 0.220 e. The average molecular weight is 276 g/mol. The van der Waals surface area contributed by atoms with E-state index in [4.69, 9.17) is 4.74 Å². The molecule has 2 rings (SSSR count). The molecule has 110 valence electrons. The molecule has 4 nitrogen and oxygen atoms in total. The minimum absolute atomic E-state index is 0.0565. The van der Waals surface area contributed by atoms with Crippen LogP contribution < -0.4 is 5.32 Å². The minimum Gasteiger partial charge on any atom is -0.373 e. The predicted molar refractivity (Wildman–Crippen MR) is 79.4 cm³/mol. The van der Waals surface area contributed by atoms with Crippen LogP contribution in [0.15, 0.2) is 30.3 Å². The first-order valence-corrected chi connectivity index (χ1v) is 7.36. The van der Waals surface area contributed by atoms with Crippen molar-refractivity contribution in [3.05, 3.63) is 35.9 Å². The van der Waals surface area contributed by atoms with Crippen LogP contribution in [0.2, 0.25) is 0 Å². The summed E-state index contributed by atoms with van der Waals surface area (Å²) in [4.78, 5) is 13.8. The highest BCUT2D eigenvalue weighted by Crippen LogP contribution is 2.12. The summed E-state index contributed by atoms with van der Waals surface area (Å²) in [6.45, 7) is 7.36. The van der Waals surface area contributed by atoms with Gasteiger partial charge in [0.05, 0.1) is 18.8 Å². The largest absolute Gasteiger partial charge is 0.373 e. The van der Waals surface area contributed by atoms with Crippen molar-refractivity contribution in [3.63, 3.8) is 0 Å². The zero-order valence-corrected chi connectivity index (χ0v) is 12.3. The molecule has 0 aliphatic carbocycles. The molecule has 1 heterocycles. The normalized spacial score (nSPS) is 21.4. The molecule has 1 aromatic carbocycles. The Labute approximate surface area is 121 Å². The predicted octanol–water partition coefficient (Wildman–Crippen LogP) is 1.80. The van der Waals surface area contributed by atoms with Crippen LogP contribution in [0, 0.1) is 0 Å². The second-order valence-corrected chi connectivity index (χ2v) is 5.34. The highest BCUT2D eigenvalue weighted by Gasteiger charge is 2.26. The van der Waals surface area contributed by atoms with Crippen molar-refractivity contribution in [1.82, 2.24) is 10.2 Å². The average Bonchev–Trinajstić information content (AvgIpc) is 2.48. The van der Waals surface area contributed by atoms with Crippen molar-refractivity contribution in [3.8, 4) is 0 Å². The standard InChI is InChI=1S/C16H24N2O2/c1-3-16(19)17-13(2)15-12-18(9-10-20-15)11-14-7-5-4-6-8-14/h4-8,13,15H,3,9-12H2,1-2H3,(H,17,19). The topological polar surface area (TPSA) is 41.6 Å². The molecule has 2 atom stereocenters. The molecule has 0 aromatic heterocycles. The van der Waals surface area contributed by atoms with Crippen LogP contribution in [-0.2, 0) is 16.1 Å². The number of hydrogen-bond donors (Lipinski definition) is 1. The Kier molecular flexibility index (Phi) is 5.56. The number of carbonyl (C=O) groups excluding carboxylic acids is 1. The molecule has 20 heavy (non-hydrogen) atoms. The van der Waals surface area contributed by atoms with Gasteiger partial charge in [0, 0.05) is 26.1 Å². The highest BCUT2D eigenvalue weighted by molar-refractivity contribution is 5.75. The molecule has 0 saturated carbocycles. The summed E-state index contributed by atoms with van der Waals surface area (Å²) in [5.41, 5.74) is 1.32. The summed E-state index contributed by atoms with van der Waals surface area (Å²) in [6, 6.07) is 10.5. The van der Waals surface area contributed by atoms with Gasteiger partial charge in [-0.3, -0.25) is 9.69 Å². The van der Waals surface area contributed by atoms with Gasteiger partial charge in [0.1, 0.15) is 0 Å². The summed E-state index contributed by atoms with van der Waals surface area (Å²) < 4.78 is 5.80. The molecule has 1 aliphatic heterocycles. The van der Waals surface area contributed by atoms with E-state index in [0.717, 1.165) is 26.2 Å². The van der Waals surface area contributed by atoms with Gasteiger partial charge in [-0.1, -0.05) is 37.3 Å². The summed E-state index contributed by atoms with van der Waals surface area (Å²) in [5, 5.41) is 2.99. The van der Waals surface area contributed by atoms with Gasteiger partial charge in [-0.15, -0.1) is 0 Å². The van der Waals surface area contributed by atoms with Crippen LogP contribution in [0.3, 0.4) is 0 Å². The van der Waals surface area contributed by atoms with E-state index in [1.165, 1.54) is 5.56 Å². The summed E-state index contributed by atoms with van der Waals surface area (Å²) in [5.74, 6) is 0.0845. The number of hydrogen-bond acceptors (Lipinski definition) is 3. The second kappa shape index (κ2) is 7.41. The Morgan fingerprint density at radius 1 is 1.45 bits per heavy atom. The van der Waals surface area contributed by atoms with Gasteiger partial charge in [-0.2, -0.15) is 0 Å². The van der Waals surface area contributed by atoms with Crippen molar-refractivity contribution < 1.29 is 9.53 Å². The van der Waals surface area contributed by atoms with Crippen LogP contribution in [-0.4, -0.2) is 42.6 Å². The molecular formula is C16H24N2O2. The zero-order chi connectivity index (χ0) is 14.4. The lowest BCUT2D eigenvalue weighted by Crippen LogP contribution is -2.51. The molecule has 0 spiro atoms. The molecule has 1 aromatic rings. The molecule has 2 unspecified atom stereocenters. The van der Waals surface area contributed by atoms with E-state index in [1.807, 2.05) is 19.9 Å². The van der Waals surface area contributed by atoms with Gasteiger partial charge < -0.3 is 10.1 Å². The lowest BCUT2D eigenvalue weighted by molar-refractivity contribution is -0.123. The van der Waals surface area contributed by atoms with Crippen molar-refractivity contribution in [1.29, 1.82) is 0 Å². The van der Waals surface area contributed by atoms with E-state index >= 15 is 0 Å². The summed E-state index contributed by atoms with van der Waals surface area (Å²) >= 11 is 0. The Morgan fingerprint density at radius 2 is 2.20 bits per heavy atom. The molecule has 1 amide bonds.